The number of rotatable bonds is 7. The van der Waals surface area contributed by atoms with Crippen molar-refractivity contribution >= 4 is 10.0 Å². The van der Waals surface area contributed by atoms with Crippen LogP contribution in [-0.2, 0) is 27.8 Å². The summed E-state index contributed by atoms with van der Waals surface area (Å²) in [5.41, 5.74) is -0.233. The van der Waals surface area contributed by atoms with Gasteiger partial charge in [-0.15, -0.1) is 0 Å². The first-order chi connectivity index (χ1) is 13.8. The van der Waals surface area contributed by atoms with E-state index >= 15 is 0 Å². The third-order valence-corrected chi connectivity index (χ3v) is 7.06. The molecule has 1 aliphatic rings. The van der Waals surface area contributed by atoms with Crippen LogP contribution in [0.4, 0.5) is 8.78 Å². The summed E-state index contributed by atoms with van der Waals surface area (Å²) in [5, 5.41) is 4.41. The average molecular weight is 430 g/mol. The number of methoxy groups -OCH3 is 1. The Labute approximate surface area is 167 Å². The van der Waals surface area contributed by atoms with Crippen LogP contribution >= 0.6 is 0 Å². The van der Waals surface area contributed by atoms with Gasteiger partial charge in [0.25, 0.3) is 0 Å². The van der Waals surface area contributed by atoms with Crippen LogP contribution < -0.4 is 5.69 Å². The van der Waals surface area contributed by atoms with Crippen molar-refractivity contribution in [3.8, 4) is 0 Å². The van der Waals surface area contributed by atoms with Crippen molar-refractivity contribution in [2.45, 2.75) is 43.7 Å². The Morgan fingerprint density at radius 1 is 1.21 bits per heavy atom. The molecule has 0 radical (unpaired) electrons. The number of nitrogens with zero attached hydrogens (tertiary/aromatic N) is 4. The number of aromatic nitrogens is 3. The SMILES string of the molecule is CCn1c(C2CCN(S(=O)(=O)c3c(F)cccc3F)CC2)nn(CCOC)c1=O. The number of hydrogen-bond acceptors (Lipinski definition) is 5. The lowest BCUT2D eigenvalue weighted by Gasteiger charge is -2.30. The lowest BCUT2D eigenvalue weighted by Crippen LogP contribution is -2.39. The first-order valence-corrected chi connectivity index (χ1v) is 10.9. The average Bonchev–Trinajstić information content (AvgIpc) is 3.01. The van der Waals surface area contributed by atoms with Crippen molar-refractivity contribution in [2.75, 3.05) is 26.8 Å². The second-order valence-corrected chi connectivity index (χ2v) is 8.70. The summed E-state index contributed by atoms with van der Waals surface area (Å²) >= 11 is 0. The first-order valence-electron chi connectivity index (χ1n) is 9.41. The fraction of sp³-hybridized carbons (Fsp3) is 0.556. The number of sulfonamides is 1. The minimum absolute atomic E-state index is 0.0869. The Bertz CT molecular complexity index is 1010. The van der Waals surface area contributed by atoms with Crippen LogP contribution in [0, 0.1) is 11.6 Å². The summed E-state index contributed by atoms with van der Waals surface area (Å²) in [4.78, 5) is 11.5. The predicted octanol–water partition coefficient (Wildman–Crippen LogP) is 1.56. The Morgan fingerprint density at radius 2 is 1.83 bits per heavy atom. The normalized spacial score (nSPS) is 16.4. The number of piperidine rings is 1. The topological polar surface area (TPSA) is 86.4 Å². The van der Waals surface area contributed by atoms with Gasteiger partial charge in [0, 0.05) is 32.7 Å². The van der Waals surface area contributed by atoms with E-state index in [9.17, 15) is 22.0 Å². The van der Waals surface area contributed by atoms with E-state index in [0.29, 0.717) is 38.4 Å². The molecule has 1 aromatic heterocycles. The molecule has 8 nitrogen and oxygen atoms in total. The minimum Gasteiger partial charge on any atom is -0.383 e. The summed E-state index contributed by atoms with van der Waals surface area (Å²) in [5.74, 6) is -1.74. The molecule has 1 aliphatic heterocycles. The van der Waals surface area contributed by atoms with E-state index in [0.717, 1.165) is 22.5 Å². The molecule has 29 heavy (non-hydrogen) atoms. The molecule has 0 atom stereocenters. The Balaban J connectivity index is 1.80. The molecule has 0 spiro atoms. The molecule has 0 unspecified atom stereocenters. The molecule has 0 bridgehead atoms. The van der Waals surface area contributed by atoms with E-state index in [1.54, 1.807) is 4.57 Å². The zero-order chi connectivity index (χ0) is 21.2. The molecule has 0 amide bonds. The van der Waals surface area contributed by atoms with Crippen molar-refractivity contribution in [2.24, 2.45) is 0 Å². The molecule has 2 aromatic rings. The molecule has 1 aromatic carbocycles. The monoisotopic (exact) mass is 430 g/mol. The van der Waals surface area contributed by atoms with Crippen LogP contribution in [0.2, 0.25) is 0 Å². The summed E-state index contributed by atoms with van der Waals surface area (Å²) in [6, 6.07) is 2.98. The third kappa shape index (κ3) is 4.12. The van der Waals surface area contributed by atoms with E-state index in [1.165, 1.54) is 11.8 Å². The number of benzene rings is 1. The maximum Gasteiger partial charge on any atom is 0.345 e. The molecular formula is C18H24F2N4O4S. The minimum atomic E-state index is -4.29. The van der Waals surface area contributed by atoms with Crippen molar-refractivity contribution in [1.82, 2.24) is 18.7 Å². The van der Waals surface area contributed by atoms with Gasteiger partial charge in [0.15, 0.2) is 4.90 Å². The maximum absolute atomic E-state index is 14.0. The van der Waals surface area contributed by atoms with Crippen molar-refractivity contribution in [3.63, 3.8) is 0 Å². The highest BCUT2D eigenvalue weighted by Gasteiger charge is 2.35. The molecular weight excluding hydrogens is 406 g/mol. The fourth-order valence-electron chi connectivity index (χ4n) is 3.59. The van der Waals surface area contributed by atoms with Gasteiger partial charge in [-0.2, -0.15) is 9.40 Å². The molecule has 11 heteroatoms. The summed E-state index contributed by atoms with van der Waals surface area (Å²) in [7, 11) is -2.75. The molecule has 160 valence electrons. The van der Waals surface area contributed by atoms with Gasteiger partial charge in [-0.1, -0.05) is 6.07 Å². The first kappa shape index (κ1) is 21.6. The highest BCUT2D eigenvalue weighted by molar-refractivity contribution is 7.89. The smallest absolute Gasteiger partial charge is 0.345 e. The van der Waals surface area contributed by atoms with Gasteiger partial charge in [-0.25, -0.2) is 26.7 Å². The Hall–Kier alpha value is -2.11. The lowest BCUT2D eigenvalue weighted by atomic mass is 9.97. The van der Waals surface area contributed by atoms with Crippen LogP contribution in [-0.4, -0.2) is 53.9 Å². The Kier molecular flexibility index (Phi) is 6.49. The van der Waals surface area contributed by atoms with Gasteiger partial charge < -0.3 is 4.74 Å². The zero-order valence-electron chi connectivity index (χ0n) is 16.3. The molecule has 1 fully saturated rings. The van der Waals surface area contributed by atoms with E-state index < -0.39 is 26.6 Å². The third-order valence-electron chi connectivity index (χ3n) is 5.11. The molecule has 3 rings (SSSR count). The fourth-order valence-corrected chi connectivity index (χ4v) is 5.17. The highest BCUT2D eigenvalue weighted by atomic mass is 32.2. The second-order valence-electron chi connectivity index (χ2n) is 6.83. The van der Waals surface area contributed by atoms with E-state index in [-0.39, 0.29) is 24.7 Å². The van der Waals surface area contributed by atoms with Gasteiger partial charge in [-0.3, -0.25) is 4.57 Å². The van der Waals surface area contributed by atoms with Crippen LogP contribution in [0.25, 0.3) is 0 Å². The molecule has 0 aliphatic carbocycles. The van der Waals surface area contributed by atoms with E-state index in [1.807, 2.05) is 6.92 Å². The Morgan fingerprint density at radius 3 is 2.38 bits per heavy atom. The molecule has 0 saturated carbocycles. The largest absolute Gasteiger partial charge is 0.383 e. The number of ether oxygens (including phenoxy) is 1. The van der Waals surface area contributed by atoms with Gasteiger partial charge in [0.05, 0.1) is 13.2 Å². The van der Waals surface area contributed by atoms with Crippen molar-refractivity contribution < 1.29 is 21.9 Å². The van der Waals surface area contributed by atoms with Gasteiger partial charge in [0.1, 0.15) is 17.5 Å². The van der Waals surface area contributed by atoms with E-state index in [2.05, 4.69) is 5.10 Å². The molecule has 0 N–H and O–H groups in total. The second kappa shape index (κ2) is 8.72. The summed E-state index contributed by atoms with van der Waals surface area (Å²) < 4.78 is 62.4. The highest BCUT2D eigenvalue weighted by Crippen LogP contribution is 2.31. The van der Waals surface area contributed by atoms with Gasteiger partial charge in [-0.05, 0) is 31.9 Å². The van der Waals surface area contributed by atoms with Crippen LogP contribution in [0.1, 0.15) is 31.5 Å². The molecule has 1 saturated heterocycles. The van der Waals surface area contributed by atoms with Gasteiger partial charge in [0.2, 0.25) is 10.0 Å². The predicted molar refractivity (Wildman–Crippen MR) is 101 cm³/mol. The zero-order valence-corrected chi connectivity index (χ0v) is 17.2. The summed E-state index contributed by atoms with van der Waals surface area (Å²) in [6.07, 6.45) is 0.798. The van der Waals surface area contributed by atoms with Crippen LogP contribution in [0.5, 0.6) is 0 Å². The van der Waals surface area contributed by atoms with Gasteiger partial charge >= 0.3 is 5.69 Å². The molecule has 2 heterocycles. The lowest BCUT2D eigenvalue weighted by molar-refractivity contribution is 0.182. The summed E-state index contributed by atoms with van der Waals surface area (Å²) in [6.45, 7) is 3.14. The van der Waals surface area contributed by atoms with E-state index in [4.69, 9.17) is 4.74 Å². The maximum atomic E-state index is 14.0. The van der Waals surface area contributed by atoms with Crippen molar-refractivity contribution in [1.29, 1.82) is 0 Å². The van der Waals surface area contributed by atoms with Crippen LogP contribution in [0.3, 0.4) is 0 Å². The quantitative estimate of drug-likeness (QED) is 0.665. The van der Waals surface area contributed by atoms with Crippen molar-refractivity contribution in [3.05, 3.63) is 46.1 Å². The number of halogens is 2. The number of hydrogen-bond donors (Lipinski definition) is 0. The van der Waals surface area contributed by atoms with Crippen LogP contribution in [0.15, 0.2) is 27.9 Å². The standard InChI is InChI=1S/C18H24F2N4O4S/c1-3-23-17(21-24(18(23)25)11-12-28-2)13-7-9-22(10-8-13)29(26,27)16-14(19)5-4-6-15(16)20/h4-6,13H,3,7-12H2,1-2H3.